The van der Waals surface area contributed by atoms with Crippen molar-refractivity contribution in [1.29, 1.82) is 0 Å². The summed E-state index contributed by atoms with van der Waals surface area (Å²) in [5.41, 5.74) is 5.19. The van der Waals surface area contributed by atoms with Gasteiger partial charge in [-0.05, 0) is 40.5 Å². The van der Waals surface area contributed by atoms with Gasteiger partial charge in [-0.25, -0.2) is 9.18 Å². The third kappa shape index (κ3) is 4.08. The van der Waals surface area contributed by atoms with Gasteiger partial charge in [0.25, 0.3) is 0 Å². The molecule has 3 aromatic rings. The predicted octanol–water partition coefficient (Wildman–Crippen LogP) is 4.53. The number of hydrogen-bond donors (Lipinski definition) is 1. The first kappa shape index (κ1) is 19.4. The third-order valence-electron chi connectivity index (χ3n) is 4.95. The first-order valence-corrected chi connectivity index (χ1v) is 9.49. The van der Waals surface area contributed by atoms with Crippen LogP contribution >= 0.6 is 0 Å². The van der Waals surface area contributed by atoms with E-state index in [4.69, 9.17) is 4.74 Å². The van der Waals surface area contributed by atoms with E-state index in [1.807, 2.05) is 24.3 Å². The van der Waals surface area contributed by atoms with Crippen molar-refractivity contribution in [3.8, 4) is 23.0 Å². The molecular weight excluding hydrogens is 381 g/mol. The highest BCUT2D eigenvalue weighted by Gasteiger charge is 2.28. The number of fused-ring (bicyclic) bond motifs is 3. The lowest BCUT2D eigenvalue weighted by molar-refractivity contribution is 0.112. The second-order valence-electron chi connectivity index (χ2n) is 6.87. The number of benzene rings is 3. The van der Waals surface area contributed by atoms with Crippen molar-refractivity contribution in [1.82, 2.24) is 5.32 Å². The Balaban J connectivity index is 1.35. The fraction of sp³-hybridized carbons (Fsp3) is 0.120. The number of carbonyl (C=O) groups is 2. The van der Waals surface area contributed by atoms with Gasteiger partial charge < -0.3 is 10.1 Å². The van der Waals surface area contributed by atoms with Crippen LogP contribution in [0.5, 0.6) is 0 Å². The summed E-state index contributed by atoms with van der Waals surface area (Å²) < 4.78 is 18.8. The zero-order valence-electron chi connectivity index (χ0n) is 16.0. The lowest BCUT2D eigenvalue weighted by atomic mass is 9.98. The highest BCUT2D eigenvalue weighted by atomic mass is 19.1. The number of aldehydes is 1. The number of halogens is 1. The Morgan fingerprint density at radius 2 is 1.70 bits per heavy atom. The van der Waals surface area contributed by atoms with Crippen LogP contribution in [-0.2, 0) is 4.74 Å². The lowest BCUT2D eigenvalue weighted by Gasteiger charge is -2.14. The molecule has 4 nitrogen and oxygen atoms in total. The largest absolute Gasteiger partial charge is 0.449 e. The van der Waals surface area contributed by atoms with Crippen LogP contribution in [0, 0.1) is 17.7 Å². The minimum Gasteiger partial charge on any atom is -0.449 e. The van der Waals surface area contributed by atoms with E-state index in [1.54, 1.807) is 0 Å². The van der Waals surface area contributed by atoms with Crippen molar-refractivity contribution >= 4 is 12.4 Å². The van der Waals surface area contributed by atoms with E-state index in [0.717, 1.165) is 28.3 Å². The topological polar surface area (TPSA) is 55.4 Å². The van der Waals surface area contributed by atoms with Gasteiger partial charge in [-0.1, -0.05) is 60.4 Å². The van der Waals surface area contributed by atoms with Crippen molar-refractivity contribution in [3.63, 3.8) is 0 Å². The van der Waals surface area contributed by atoms with Crippen LogP contribution in [0.4, 0.5) is 9.18 Å². The molecule has 0 unspecified atom stereocenters. The van der Waals surface area contributed by atoms with Crippen molar-refractivity contribution < 1.29 is 18.7 Å². The Kier molecular flexibility index (Phi) is 5.58. The number of hydrogen-bond acceptors (Lipinski definition) is 3. The molecule has 1 aliphatic carbocycles. The normalized spacial score (nSPS) is 11.6. The summed E-state index contributed by atoms with van der Waals surface area (Å²) in [6.45, 7) is 0.267. The Morgan fingerprint density at radius 3 is 2.37 bits per heavy atom. The molecule has 1 amide bonds. The monoisotopic (exact) mass is 399 g/mol. The fourth-order valence-electron chi connectivity index (χ4n) is 3.66. The molecule has 0 saturated heterocycles. The molecule has 148 valence electrons. The summed E-state index contributed by atoms with van der Waals surface area (Å²) in [4.78, 5) is 22.9. The van der Waals surface area contributed by atoms with Crippen LogP contribution in [-0.4, -0.2) is 25.5 Å². The third-order valence-corrected chi connectivity index (χ3v) is 4.95. The molecule has 1 aliphatic rings. The van der Waals surface area contributed by atoms with Crippen LogP contribution in [0.25, 0.3) is 11.1 Å². The number of rotatable bonds is 4. The first-order chi connectivity index (χ1) is 14.7. The zero-order valence-corrected chi connectivity index (χ0v) is 16.0. The standard InChI is InChI=1S/C25H18FNO3/c26-19-13-17(12-18(14-19)15-28)6-5-11-27-25(29)30-16-24-22-9-3-1-7-20(22)21-8-2-4-10-23(21)24/h1-4,7-10,12-15,24H,11,16H2,(H,27,29). The van der Waals surface area contributed by atoms with E-state index in [2.05, 4.69) is 41.4 Å². The summed E-state index contributed by atoms with van der Waals surface area (Å²) >= 11 is 0. The second kappa shape index (κ2) is 8.62. The van der Waals surface area contributed by atoms with Crippen molar-refractivity contribution in [2.45, 2.75) is 5.92 Å². The molecule has 0 radical (unpaired) electrons. The van der Waals surface area contributed by atoms with Crippen LogP contribution in [0.2, 0.25) is 0 Å². The SMILES string of the molecule is O=Cc1cc(F)cc(C#CCNC(=O)OCC2c3ccccc3-c3ccccc32)c1. The Bertz CT molecular complexity index is 1130. The second-order valence-corrected chi connectivity index (χ2v) is 6.87. The molecule has 0 saturated carbocycles. The van der Waals surface area contributed by atoms with Gasteiger partial charge >= 0.3 is 6.09 Å². The molecule has 5 heteroatoms. The van der Waals surface area contributed by atoms with E-state index >= 15 is 0 Å². The molecule has 0 atom stereocenters. The van der Waals surface area contributed by atoms with E-state index in [1.165, 1.54) is 12.1 Å². The molecule has 3 aromatic carbocycles. The van der Waals surface area contributed by atoms with Crippen LogP contribution in [0.3, 0.4) is 0 Å². The molecule has 0 bridgehead atoms. The maximum Gasteiger partial charge on any atom is 0.407 e. The molecular formula is C25H18FNO3. The van der Waals surface area contributed by atoms with Crippen LogP contribution in [0.1, 0.15) is 33.0 Å². The Hall–Kier alpha value is -3.91. The Morgan fingerprint density at radius 1 is 1.03 bits per heavy atom. The molecule has 0 heterocycles. The van der Waals surface area contributed by atoms with Gasteiger partial charge in [0.1, 0.15) is 18.7 Å². The van der Waals surface area contributed by atoms with Gasteiger partial charge in [-0.3, -0.25) is 4.79 Å². The highest BCUT2D eigenvalue weighted by Crippen LogP contribution is 2.44. The zero-order chi connectivity index (χ0) is 20.9. The number of nitrogens with one attached hydrogen (secondary N) is 1. The minimum absolute atomic E-state index is 0.0108. The first-order valence-electron chi connectivity index (χ1n) is 9.49. The van der Waals surface area contributed by atoms with Crippen molar-refractivity contribution in [2.75, 3.05) is 13.2 Å². The number of amides is 1. The van der Waals surface area contributed by atoms with E-state index < -0.39 is 11.9 Å². The fourth-order valence-corrected chi connectivity index (χ4v) is 3.66. The number of carbonyl (C=O) groups excluding carboxylic acids is 2. The van der Waals surface area contributed by atoms with Gasteiger partial charge in [0, 0.05) is 17.0 Å². The van der Waals surface area contributed by atoms with Crippen LogP contribution < -0.4 is 5.32 Å². The van der Waals surface area contributed by atoms with E-state index in [0.29, 0.717) is 11.8 Å². The maximum absolute atomic E-state index is 13.4. The smallest absolute Gasteiger partial charge is 0.407 e. The molecule has 30 heavy (non-hydrogen) atoms. The summed E-state index contributed by atoms with van der Waals surface area (Å²) in [6, 6.07) is 20.1. The summed E-state index contributed by atoms with van der Waals surface area (Å²) in [5, 5.41) is 2.57. The number of ether oxygens (including phenoxy) is 1. The summed E-state index contributed by atoms with van der Waals surface area (Å²) in [7, 11) is 0. The molecule has 0 spiro atoms. The van der Waals surface area contributed by atoms with Crippen molar-refractivity contribution in [2.24, 2.45) is 0 Å². The molecule has 4 rings (SSSR count). The maximum atomic E-state index is 13.4. The van der Waals surface area contributed by atoms with Crippen LogP contribution in [0.15, 0.2) is 66.7 Å². The Labute approximate surface area is 173 Å². The average Bonchev–Trinajstić information content (AvgIpc) is 3.09. The molecule has 0 fully saturated rings. The lowest BCUT2D eigenvalue weighted by Crippen LogP contribution is -2.26. The average molecular weight is 399 g/mol. The highest BCUT2D eigenvalue weighted by molar-refractivity contribution is 5.79. The van der Waals surface area contributed by atoms with Gasteiger partial charge in [0.2, 0.25) is 0 Å². The predicted molar refractivity (Wildman–Crippen MR) is 112 cm³/mol. The van der Waals surface area contributed by atoms with Crippen molar-refractivity contribution in [3.05, 3.63) is 94.8 Å². The van der Waals surface area contributed by atoms with E-state index in [9.17, 15) is 14.0 Å². The molecule has 0 aromatic heterocycles. The minimum atomic E-state index is -0.570. The number of alkyl carbamates (subject to hydrolysis) is 1. The van der Waals surface area contributed by atoms with Gasteiger partial charge in [0.15, 0.2) is 0 Å². The van der Waals surface area contributed by atoms with Gasteiger partial charge in [-0.2, -0.15) is 0 Å². The van der Waals surface area contributed by atoms with Gasteiger partial charge in [-0.15, -0.1) is 0 Å². The van der Waals surface area contributed by atoms with E-state index in [-0.39, 0.29) is 24.6 Å². The molecule has 0 aliphatic heterocycles. The summed E-state index contributed by atoms with van der Waals surface area (Å²) in [6.07, 6.45) is -0.0117. The quantitative estimate of drug-likeness (QED) is 0.518. The molecule has 1 N–H and O–H groups in total. The summed E-state index contributed by atoms with van der Waals surface area (Å²) in [5.74, 6) is 4.90. The van der Waals surface area contributed by atoms with Gasteiger partial charge in [0.05, 0.1) is 6.54 Å².